The number of nitrogens with one attached hydrogen (secondary N) is 2. The number of rotatable bonds is 6. The highest BCUT2D eigenvalue weighted by atomic mass is 127. The summed E-state index contributed by atoms with van der Waals surface area (Å²) in [7, 11) is 1.40. The maximum absolute atomic E-state index is 11.0. The summed E-state index contributed by atoms with van der Waals surface area (Å²) in [6, 6.07) is 0. The van der Waals surface area contributed by atoms with Crippen molar-refractivity contribution in [1.82, 2.24) is 10.6 Å². The van der Waals surface area contributed by atoms with Gasteiger partial charge in [0, 0.05) is 18.3 Å². The van der Waals surface area contributed by atoms with E-state index in [0.717, 1.165) is 19.0 Å². The summed E-state index contributed by atoms with van der Waals surface area (Å²) >= 11 is 2.00. The number of aliphatic imine (C=N–C) groups is 1. The number of carbonyl (C=O) groups is 1. The highest BCUT2D eigenvalue weighted by Crippen LogP contribution is 2.25. The van der Waals surface area contributed by atoms with Gasteiger partial charge in [-0.3, -0.25) is 9.79 Å². The van der Waals surface area contributed by atoms with Crippen molar-refractivity contribution in [2.45, 2.75) is 31.4 Å². The molecule has 1 aliphatic rings. The second-order valence-corrected chi connectivity index (χ2v) is 5.52. The van der Waals surface area contributed by atoms with E-state index in [4.69, 9.17) is 0 Å². The molecule has 0 spiro atoms. The van der Waals surface area contributed by atoms with Gasteiger partial charge in [0.1, 0.15) is 0 Å². The summed E-state index contributed by atoms with van der Waals surface area (Å²) in [6.07, 6.45) is 2.92. The van der Waals surface area contributed by atoms with Gasteiger partial charge in [0.25, 0.3) is 0 Å². The van der Waals surface area contributed by atoms with Crippen molar-refractivity contribution < 1.29 is 9.53 Å². The molecule has 2 N–H and O–H groups in total. The summed E-state index contributed by atoms with van der Waals surface area (Å²) in [4.78, 5) is 15.5. The van der Waals surface area contributed by atoms with E-state index in [1.165, 1.54) is 25.7 Å². The van der Waals surface area contributed by atoms with Crippen molar-refractivity contribution in [1.29, 1.82) is 0 Å². The summed E-state index contributed by atoms with van der Waals surface area (Å²) in [5.41, 5.74) is 0. The number of carbonyl (C=O) groups excluding carboxylic acids is 1. The van der Waals surface area contributed by atoms with Gasteiger partial charge in [0.15, 0.2) is 5.96 Å². The zero-order valence-electron chi connectivity index (χ0n) is 11.6. The third-order valence-corrected chi connectivity index (χ3v) is 4.05. The molecule has 1 saturated heterocycles. The number of thioether (sulfide) groups is 1. The summed E-state index contributed by atoms with van der Waals surface area (Å²) in [6.45, 7) is 4.25. The van der Waals surface area contributed by atoms with Gasteiger partial charge in [0.2, 0.25) is 0 Å². The lowest BCUT2D eigenvalue weighted by Crippen LogP contribution is -2.38. The normalized spacial score (nSPS) is 18.6. The van der Waals surface area contributed by atoms with Gasteiger partial charge >= 0.3 is 5.97 Å². The fourth-order valence-electron chi connectivity index (χ4n) is 1.71. The molecule has 1 unspecified atom stereocenters. The van der Waals surface area contributed by atoms with Crippen LogP contribution in [0.5, 0.6) is 0 Å². The van der Waals surface area contributed by atoms with Crippen LogP contribution in [0.3, 0.4) is 0 Å². The Kier molecular flexibility index (Phi) is 11.5. The van der Waals surface area contributed by atoms with Crippen molar-refractivity contribution in [3.05, 3.63) is 0 Å². The highest BCUT2D eigenvalue weighted by Gasteiger charge is 2.14. The zero-order chi connectivity index (χ0) is 13.2. The number of nitrogens with zero attached hydrogens (tertiary/aromatic N) is 1. The predicted octanol–water partition coefficient (Wildman–Crippen LogP) is 1.62. The maximum atomic E-state index is 11.0. The minimum absolute atomic E-state index is 0. The fourth-order valence-corrected chi connectivity index (χ4v) is 2.89. The lowest BCUT2D eigenvalue weighted by molar-refractivity contribution is -0.140. The third-order valence-electron chi connectivity index (χ3n) is 2.67. The number of guanidine groups is 1. The molecule has 1 atom stereocenters. The lowest BCUT2D eigenvalue weighted by atomic mass is 10.2. The average molecular weight is 401 g/mol. The van der Waals surface area contributed by atoms with Crippen LogP contribution in [0.1, 0.15) is 26.2 Å². The second-order valence-electron chi connectivity index (χ2n) is 4.11. The number of hydrogen-bond acceptors (Lipinski definition) is 4. The Morgan fingerprint density at radius 1 is 1.47 bits per heavy atom. The standard InChI is InChI=1S/C12H23N3O2S.HI/c1-3-13-12(14-7-6-11(16)17-2)15-9-10-5-4-8-18-10;/h10H,3-9H2,1-2H3,(H2,13,14,15);1H. The van der Waals surface area contributed by atoms with E-state index in [9.17, 15) is 4.79 Å². The molecule has 0 bridgehead atoms. The Morgan fingerprint density at radius 2 is 2.26 bits per heavy atom. The van der Waals surface area contributed by atoms with Gasteiger partial charge in [-0.05, 0) is 25.5 Å². The van der Waals surface area contributed by atoms with E-state index in [0.29, 0.717) is 18.2 Å². The van der Waals surface area contributed by atoms with E-state index in [1.54, 1.807) is 0 Å². The van der Waals surface area contributed by atoms with Crippen LogP contribution in [0, 0.1) is 0 Å². The first-order chi connectivity index (χ1) is 8.76. The Bertz CT molecular complexity index is 284. The first kappa shape index (κ1) is 18.8. The number of methoxy groups -OCH3 is 1. The van der Waals surface area contributed by atoms with Crippen LogP contribution in [0.25, 0.3) is 0 Å². The molecular formula is C12H24IN3O2S. The molecule has 0 aliphatic carbocycles. The number of ether oxygens (including phenoxy) is 1. The van der Waals surface area contributed by atoms with Crippen LogP contribution >= 0.6 is 35.7 Å². The van der Waals surface area contributed by atoms with Gasteiger partial charge in [-0.25, -0.2) is 0 Å². The Morgan fingerprint density at radius 3 is 2.84 bits per heavy atom. The van der Waals surface area contributed by atoms with Crippen LogP contribution < -0.4 is 10.6 Å². The second kappa shape index (κ2) is 11.6. The van der Waals surface area contributed by atoms with E-state index >= 15 is 0 Å². The smallest absolute Gasteiger partial charge is 0.307 e. The molecule has 1 fully saturated rings. The van der Waals surface area contributed by atoms with E-state index < -0.39 is 0 Å². The van der Waals surface area contributed by atoms with Crippen LogP contribution in [-0.2, 0) is 9.53 Å². The maximum Gasteiger partial charge on any atom is 0.307 e. The van der Waals surface area contributed by atoms with Crippen LogP contribution in [-0.4, -0.2) is 49.7 Å². The average Bonchev–Trinajstić information content (AvgIpc) is 2.88. The minimum atomic E-state index is -0.204. The van der Waals surface area contributed by atoms with Gasteiger partial charge in [0.05, 0.1) is 20.1 Å². The van der Waals surface area contributed by atoms with Crippen molar-refractivity contribution >= 4 is 47.7 Å². The fraction of sp³-hybridized carbons (Fsp3) is 0.833. The molecule has 0 saturated carbocycles. The molecule has 0 aromatic carbocycles. The lowest BCUT2D eigenvalue weighted by Gasteiger charge is -2.12. The van der Waals surface area contributed by atoms with Gasteiger partial charge in [-0.2, -0.15) is 11.8 Å². The SMILES string of the molecule is CCNC(=NCC1CCCS1)NCCC(=O)OC.I. The molecule has 0 aromatic rings. The van der Waals surface area contributed by atoms with Crippen LogP contribution in [0.15, 0.2) is 4.99 Å². The topological polar surface area (TPSA) is 62.7 Å². The summed E-state index contributed by atoms with van der Waals surface area (Å²) in [5.74, 6) is 1.84. The Hall–Kier alpha value is -0.180. The zero-order valence-corrected chi connectivity index (χ0v) is 14.8. The molecule has 7 heteroatoms. The first-order valence-corrected chi connectivity index (χ1v) is 7.51. The molecule has 0 amide bonds. The predicted molar refractivity (Wildman–Crippen MR) is 91.5 cm³/mol. The molecule has 19 heavy (non-hydrogen) atoms. The quantitative estimate of drug-likeness (QED) is 0.307. The van der Waals surface area contributed by atoms with Crippen molar-refractivity contribution in [3.8, 4) is 0 Å². The van der Waals surface area contributed by atoms with E-state index in [-0.39, 0.29) is 29.9 Å². The van der Waals surface area contributed by atoms with Gasteiger partial charge < -0.3 is 15.4 Å². The molecule has 1 heterocycles. The Balaban J connectivity index is 0.00000324. The van der Waals surface area contributed by atoms with E-state index in [2.05, 4.69) is 20.4 Å². The molecule has 0 aromatic heterocycles. The molecule has 112 valence electrons. The number of hydrogen-bond donors (Lipinski definition) is 2. The summed E-state index contributed by atoms with van der Waals surface area (Å²) in [5, 5.41) is 6.97. The molecule has 1 rings (SSSR count). The molecule has 5 nitrogen and oxygen atoms in total. The third kappa shape index (κ3) is 8.56. The minimum Gasteiger partial charge on any atom is -0.469 e. The molecule has 0 radical (unpaired) electrons. The van der Waals surface area contributed by atoms with Gasteiger partial charge in [-0.1, -0.05) is 0 Å². The van der Waals surface area contributed by atoms with Gasteiger partial charge in [-0.15, -0.1) is 24.0 Å². The van der Waals surface area contributed by atoms with Crippen LogP contribution in [0.4, 0.5) is 0 Å². The number of esters is 1. The van der Waals surface area contributed by atoms with Crippen molar-refractivity contribution in [2.24, 2.45) is 4.99 Å². The summed E-state index contributed by atoms with van der Waals surface area (Å²) < 4.78 is 4.59. The number of halogens is 1. The van der Waals surface area contributed by atoms with Crippen molar-refractivity contribution in [2.75, 3.05) is 32.5 Å². The first-order valence-electron chi connectivity index (χ1n) is 6.46. The van der Waals surface area contributed by atoms with E-state index in [1.807, 2.05) is 18.7 Å². The largest absolute Gasteiger partial charge is 0.469 e. The molecular weight excluding hydrogens is 377 g/mol. The van der Waals surface area contributed by atoms with Crippen molar-refractivity contribution in [3.63, 3.8) is 0 Å². The highest BCUT2D eigenvalue weighted by molar-refractivity contribution is 14.0. The Labute approximate surface area is 136 Å². The molecule has 1 aliphatic heterocycles. The monoisotopic (exact) mass is 401 g/mol. The van der Waals surface area contributed by atoms with Crippen LogP contribution in [0.2, 0.25) is 0 Å².